The Labute approximate surface area is 195 Å². The maximum absolute atomic E-state index is 13.5. The molecule has 34 heavy (non-hydrogen) atoms. The van der Waals surface area contributed by atoms with Crippen LogP contribution in [0.15, 0.2) is 91.0 Å². The molecule has 0 spiro atoms. The van der Waals surface area contributed by atoms with Gasteiger partial charge in [0.2, 0.25) is 0 Å². The highest BCUT2D eigenvalue weighted by Gasteiger charge is 2.26. The number of aromatic nitrogens is 3. The van der Waals surface area contributed by atoms with Crippen molar-refractivity contribution in [3.05, 3.63) is 102 Å². The number of hydrogen-bond acceptors (Lipinski definition) is 6. The first kappa shape index (κ1) is 20.7. The van der Waals surface area contributed by atoms with Crippen LogP contribution in [-0.4, -0.2) is 20.5 Å². The second-order valence-corrected chi connectivity index (χ2v) is 7.47. The van der Waals surface area contributed by atoms with Gasteiger partial charge in [0.25, 0.3) is 5.91 Å². The van der Waals surface area contributed by atoms with Gasteiger partial charge in [-0.3, -0.25) is 4.79 Å². The van der Waals surface area contributed by atoms with E-state index in [9.17, 15) is 10.1 Å². The number of nitrogens with one attached hydrogen (secondary N) is 2. The Balaban J connectivity index is 1.73. The quantitative estimate of drug-likeness (QED) is 0.356. The molecule has 5 rings (SSSR count). The number of nitrogens with zero attached hydrogens (tertiary/aromatic N) is 4. The van der Waals surface area contributed by atoms with E-state index in [1.54, 1.807) is 12.1 Å². The van der Waals surface area contributed by atoms with Gasteiger partial charge in [0, 0.05) is 16.9 Å². The molecule has 1 amide bonds. The average Bonchev–Trinajstić information content (AvgIpc) is 3.24. The molecule has 0 aliphatic heterocycles. The monoisotopic (exact) mass is 445 g/mol. The first-order chi connectivity index (χ1) is 16.7. The zero-order valence-corrected chi connectivity index (χ0v) is 17.9. The molecule has 5 aromatic rings. The summed E-state index contributed by atoms with van der Waals surface area (Å²) in [6.07, 6.45) is 0. The van der Waals surface area contributed by atoms with Crippen molar-refractivity contribution in [2.45, 2.75) is 0 Å². The lowest BCUT2D eigenvalue weighted by Gasteiger charge is -2.09. The molecule has 3 aromatic carbocycles. The minimum absolute atomic E-state index is 0.0984. The lowest BCUT2D eigenvalue weighted by atomic mass is 10.1. The molecular formula is C26H19N7O. The Bertz CT molecular complexity index is 1520. The Kier molecular flexibility index (Phi) is 5.34. The number of nitrogens with two attached hydrogens (primary N) is 1. The predicted octanol–water partition coefficient (Wildman–Crippen LogP) is 4.85. The number of carbonyl (C=O) groups is 1. The molecule has 0 atom stereocenters. The third-order valence-electron chi connectivity index (χ3n) is 5.25. The molecule has 8 heteroatoms. The second kappa shape index (κ2) is 8.76. The summed E-state index contributed by atoms with van der Waals surface area (Å²) in [7, 11) is 0. The molecule has 0 saturated carbocycles. The van der Waals surface area contributed by atoms with Gasteiger partial charge in [0.1, 0.15) is 23.0 Å². The van der Waals surface area contributed by atoms with E-state index in [1.807, 2.05) is 78.9 Å². The maximum Gasteiger partial charge on any atom is 0.263 e. The Morgan fingerprint density at radius 1 is 0.882 bits per heavy atom. The SMILES string of the molecule is N#Cc1c(-c2ccccc2)nc2c(C(=O)Nc3ccccc3)c(Nc3ccccc3)nn2c1N. The van der Waals surface area contributed by atoms with Gasteiger partial charge in [-0.15, -0.1) is 5.10 Å². The largest absolute Gasteiger partial charge is 0.382 e. The number of benzene rings is 3. The molecule has 8 nitrogen and oxygen atoms in total. The van der Waals surface area contributed by atoms with Gasteiger partial charge < -0.3 is 16.4 Å². The van der Waals surface area contributed by atoms with Crippen LogP contribution in [0.4, 0.5) is 23.0 Å². The number of carbonyl (C=O) groups excluding carboxylic acids is 1. The molecular weight excluding hydrogens is 426 g/mol. The number of rotatable bonds is 5. The van der Waals surface area contributed by atoms with E-state index in [1.165, 1.54) is 4.52 Å². The number of para-hydroxylation sites is 2. The highest BCUT2D eigenvalue weighted by Crippen LogP contribution is 2.31. The van der Waals surface area contributed by atoms with Crippen LogP contribution in [0.5, 0.6) is 0 Å². The number of anilines is 4. The molecule has 4 N–H and O–H groups in total. The summed E-state index contributed by atoms with van der Waals surface area (Å²) in [5.74, 6) is -0.0376. The maximum atomic E-state index is 13.5. The molecule has 0 radical (unpaired) electrons. The van der Waals surface area contributed by atoms with Gasteiger partial charge >= 0.3 is 0 Å². The van der Waals surface area contributed by atoms with Crippen LogP contribution >= 0.6 is 0 Å². The topological polar surface area (TPSA) is 121 Å². The first-order valence-electron chi connectivity index (χ1n) is 10.5. The first-order valence-corrected chi connectivity index (χ1v) is 10.5. The molecule has 0 fully saturated rings. The molecule has 0 bridgehead atoms. The van der Waals surface area contributed by atoms with Crippen LogP contribution in [0.25, 0.3) is 16.9 Å². The van der Waals surface area contributed by atoms with Crippen LogP contribution in [0, 0.1) is 11.3 Å². The van der Waals surface area contributed by atoms with E-state index in [0.29, 0.717) is 16.9 Å². The van der Waals surface area contributed by atoms with Crippen molar-refractivity contribution >= 4 is 34.6 Å². The van der Waals surface area contributed by atoms with Crippen LogP contribution in [0.2, 0.25) is 0 Å². The van der Waals surface area contributed by atoms with Crippen LogP contribution in [-0.2, 0) is 0 Å². The van der Waals surface area contributed by atoms with E-state index < -0.39 is 5.91 Å². The normalized spacial score (nSPS) is 10.6. The fraction of sp³-hybridized carbons (Fsp3) is 0. The Morgan fingerprint density at radius 3 is 2.09 bits per heavy atom. The second-order valence-electron chi connectivity index (χ2n) is 7.47. The smallest absolute Gasteiger partial charge is 0.263 e. The van der Waals surface area contributed by atoms with E-state index in [4.69, 9.17) is 10.7 Å². The van der Waals surface area contributed by atoms with Crippen molar-refractivity contribution in [1.29, 1.82) is 5.26 Å². The fourth-order valence-corrected chi connectivity index (χ4v) is 3.65. The van der Waals surface area contributed by atoms with Crippen molar-refractivity contribution < 1.29 is 4.79 Å². The molecule has 2 aromatic heterocycles. The van der Waals surface area contributed by atoms with Crippen LogP contribution in [0.3, 0.4) is 0 Å². The summed E-state index contributed by atoms with van der Waals surface area (Å²) in [5, 5.41) is 20.4. The van der Waals surface area contributed by atoms with Gasteiger partial charge in [-0.05, 0) is 24.3 Å². The lowest BCUT2D eigenvalue weighted by Crippen LogP contribution is -2.14. The predicted molar refractivity (Wildman–Crippen MR) is 132 cm³/mol. The zero-order valence-electron chi connectivity index (χ0n) is 17.9. The number of hydrogen-bond donors (Lipinski definition) is 3. The standard InChI is InChI=1S/C26H19N7O/c27-16-20-22(17-10-4-1-5-11-17)31-25-21(26(34)30-19-14-8-3-9-15-19)24(32-33(25)23(20)28)29-18-12-6-2-7-13-18/h1-15H,28H2,(H,29,32)(H,30,34). The Morgan fingerprint density at radius 2 is 1.47 bits per heavy atom. The molecule has 0 unspecified atom stereocenters. The highest BCUT2D eigenvalue weighted by molar-refractivity contribution is 6.12. The summed E-state index contributed by atoms with van der Waals surface area (Å²) < 4.78 is 1.33. The number of nitriles is 1. The van der Waals surface area contributed by atoms with Crippen molar-refractivity contribution in [3.8, 4) is 17.3 Å². The summed E-state index contributed by atoms with van der Waals surface area (Å²) >= 11 is 0. The van der Waals surface area contributed by atoms with Gasteiger partial charge in [-0.2, -0.15) is 9.78 Å². The summed E-state index contributed by atoms with van der Waals surface area (Å²) in [6.45, 7) is 0. The molecule has 0 saturated heterocycles. The van der Waals surface area contributed by atoms with Crippen LogP contribution < -0.4 is 16.4 Å². The minimum atomic E-state index is -0.407. The third kappa shape index (κ3) is 3.78. The van der Waals surface area contributed by atoms with Crippen molar-refractivity contribution in [2.75, 3.05) is 16.4 Å². The van der Waals surface area contributed by atoms with Crippen molar-refractivity contribution in [3.63, 3.8) is 0 Å². The van der Waals surface area contributed by atoms with Gasteiger partial charge in [-0.1, -0.05) is 66.7 Å². The van der Waals surface area contributed by atoms with Gasteiger partial charge in [0.15, 0.2) is 11.5 Å². The third-order valence-corrected chi connectivity index (χ3v) is 5.25. The molecule has 0 aliphatic rings. The molecule has 164 valence electrons. The average molecular weight is 445 g/mol. The van der Waals surface area contributed by atoms with E-state index >= 15 is 0 Å². The highest BCUT2D eigenvalue weighted by atomic mass is 16.1. The van der Waals surface area contributed by atoms with E-state index in [-0.39, 0.29) is 28.4 Å². The number of fused-ring (bicyclic) bond motifs is 1. The minimum Gasteiger partial charge on any atom is -0.382 e. The van der Waals surface area contributed by atoms with E-state index in [0.717, 1.165) is 5.69 Å². The summed E-state index contributed by atoms with van der Waals surface area (Å²) in [6, 6.07) is 29.8. The summed E-state index contributed by atoms with van der Waals surface area (Å²) in [4.78, 5) is 18.2. The van der Waals surface area contributed by atoms with Gasteiger partial charge in [-0.25, -0.2) is 4.98 Å². The summed E-state index contributed by atoms with van der Waals surface area (Å²) in [5.41, 5.74) is 9.46. The number of amides is 1. The Hall–Kier alpha value is -5.16. The van der Waals surface area contributed by atoms with Crippen molar-refractivity contribution in [2.24, 2.45) is 0 Å². The van der Waals surface area contributed by atoms with Crippen LogP contribution in [0.1, 0.15) is 15.9 Å². The molecule has 2 heterocycles. The molecule has 0 aliphatic carbocycles. The number of nitrogen functional groups attached to an aromatic ring is 1. The van der Waals surface area contributed by atoms with Gasteiger partial charge in [0.05, 0.1) is 5.69 Å². The lowest BCUT2D eigenvalue weighted by molar-refractivity contribution is 0.102. The zero-order chi connectivity index (χ0) is 23.5. The fourth-order valence-electron chi connectivity index (χ4n) is 3.65. The van der Waals surface area contributed by atoms with Crippen molar-refractivity contribution in [1.82, 2.24) is 14.6 Å². The van der Waals surface area contributed by atoms with E-state index in [2.05, 4.69) is 21.8 Å².